The molecular formula is C16H14Cl2N4O3S. The summed E-state index contributed by atoms with van der Waals surface area (Å²) in [6.45, 7) is 0.647. The van der Waals surface area contributed by atoms with Crippen LogP contribution >= 0.6 is 34.5 Å². The summed E-state index contributed by atoms with van der Waals surface area (Å²) >= 11 is 13.1. The highest BCUT2D eigenvalue weighted by Gasteiger charge is 2.24. The third-order valence-electron chi connectivity index (χ3n) is 3.67. The Labute approximate surface area is 163 Å². The van der Waals surface area contributed by atoms with Crippen molar-refractivity contribution in [3.63, 3.8) is 0 Å². The lowest BCUT2D eigenvalue weighted by Crippen LogP contribution is -2.42. The zero-order chi connectivity index (χ0) is 18.7. The molecule has 0 aliphatic carbocycles. The van der Waals surface area contributed by atoms with Crippen molar-refractivity contribution in [1.82, 2.24) is 15.8 Å². The summed E-state index contributed by atoms with van der Waals surface area (Å²) in [5, 5.41) is 2.89. The van der Waals surface area contributed by atoms with E-state index in [1.54, 1.807) is 16.3 Å². The lowest BCUT2D eigenvalue weighted by molar-refractivity contribution is -0.121. The van der Waals surface area contributed by atoms with Crippen LogP contribution in [0.3, 0.4) is 0 Å². The first-order valence-electron chi connectivity index (χ1n) is 7.73. The van der Waals surface area contributed by atoms with E-state index in [0.717, 1.165) is 6.42 Å². The first-order valence-corrected chi connectivity index (χ1v) is 9.36. The lowest BCUT2D eigenvalue weighted by Gasteiger charge is -2.10. The summed E-state index contributed by atoms with van der Waals surface area (Å²) in [4.78, 5) is 41.7. The number of nitrogens with zero attached hydrogens (tertiary/aromatic N) is 2. The monoisotopic (exact) mass is 412 g/mol. The number of nitrogens with one attached hydrogen (secondary N) is 2. The smallest absolute Gasteiger partial charge is 0.271 e. The zero-order valence-corrected chi connectivity index (χ0v) is 15.7. The molecule has 3 rings (SSSR count). The first-order chi connectivity index (χ1) is 12.4. The van der Waals surface area contributed by atoms with Crippen LogP contribution in [0.25, 0.3) is 0 Å². The van der Waals surface area contributed by atoms with Crippen molar-refractivity contribution >= 4 is 57.4 Å². The molecule has 0 radical (unpaired) electrons. The molecule has 0 unspecified atom stereocenters. The van der Waals surface area contributed by atoms with Gasteiger partial charge in [0.1, 0.15) is 0 Å². The van der Waals surface area contributed by atoms with Gasteiger partial charge in [0.2, 0.25) is 11.8 Å². The van der Waals surface area contributed by atoms with Gasteiger partial charge in [-0.05, 0) is 24.6 Å². The molecule has 10 heteroatoms. The van der Waals surface area contributed by atoms with Gasteiger partial charge in [-0.2, -0.15) is 0 Å². The van der Waals surface area contributed by atoms with Crippen LogP contribution in [-0.4, -0.2) is 29.3 Å². The first kappa shape index (κ1) is 18.6. The summed E-state index contributed by atoms with van der Waals surface area (Å²) in [6.07, 6.45) is 1.31. The second-order valence-electron chi connectivity index (χ2n) is 5.57. The van der Waals surface area contributed by atoms with Crippen molar-refractivity contribution in [2.45, 2.75) is 19.3 Å². The lowest BCUT2D eigenvalue weighted by atomic mass is 10.2. The topological polar surface area (TPSA) is 91.4 Å². The third-order valence-corrected chi connectivity index (χ3v) is 5.15. The second kappa shape index (κ2) is 8.03. The minimum atomic E-state index is -0.576. The molecule has 2 N–H and O–H groups in total. The van der Waals surface area contributed by atoms with Gasteiger partial charge in [-0.25, -0.2) is 4.98 Å². The van der Waals surface area contributed by atoms with Crippen LogP contribution in [0.15, 0.2) is 23.6 Å². The highest BCUT2D eigenvalue weighted by atomic mass is 35.5. The van der Waals surface area contributed by atoms with Gasteiger partial charge in [0, 0.05) is 23.4 Å². The normalized spacial score (nSPS) is 13.8. The highest BCUT2D eigenvalue weighted by Crippen LogP contribution is 2.25. The van der Waals surface area contributed by atoms with Crippen molar-refractivity contribution in [3.05, 3.63) is 44.9 Å². The molecule has 26 heavy (non-hydrogen) atoms. The number of hydrazine groups is 1. The Kier molecular flexibility index (Phi) is 5.75. The van der Waals surface area contributed by atoms with Crippen LogP contribution in [-0.2, 0) is 16.0 Å². The number of benzene rings is 1. The van der Waals surface area contributed by atoms with E-state index >= 15 is 0 Å². The highest BCUT2D eigenvalue weighted by molar-refractivity contribution is 7.14. The molecule has 7 nitrogen and oxygen atoms in total. The fraction of sp³-hybridized carbons (Fsp3) is 0.250. The van der Waals surface area contributed by atoms with Crippen LogP contribution in [0.5, 0.6) is 0 Å². The Morgan fingerprint density at radius 3 is 2.81 bits per heavy atom. The molecule has 0 saturated carbocycles. The van der Waals surface area contributed by atoms with Crippen LogP contribution in [0.2, 0.25) is 10.0 Å². The minimum absolute atomic E-state index is 0.0257. The molecule has 1 saturated heterocycles. The molecular weight excluding hydrogens is 399 g/mol. The Bertz CT molecular complexity index is 871. The number of anilines is 1. The molecule has 2 aromatic rings. The van der Waals surface area contributed by atoms with Crippen molar-refractivity contribution in [2.75, 3.05) is 11.4 Å². The van der Waals surface area contributed by atoms with Gasteiger partial charge in [0.15, 0.2) is 5.13 Å². The number of hydrogen-bond acceptors (Lipinski definition) is 5. The molecule has 1 aromatic heterocycles. The minimum Gasteiger partial charge on any atom is -0.288 e. The van der Waals surface area contributed by atoms with Gasteiger partial charge in [-0.3, -0.25) is 30.1 Å². The molecule has 2 heterocycles. The van der Waals surface area contributed by atoms with Crippen molar-refractivity contribution in [3.8, 4) is 0 Å². The van der Waals surface area contributed by atoms with E-state index < -0.39 is 11.8 Å². The van der Waals surface area contributed by atoms with Crippen LogP contribution in [0.1, 0.15) is 28.9 Å². The summed E-state index contributed by atoms with van der Waals surface area (Å²) in [5.74, 6) is -0.977. The van der Waals surface area contributed by atoms with Gasteiger partial charge >= 0.3 is 0 Å². The SMILES string of the molecule is O=C(Cc1csc(N2CCCC2=O)n1)NNC(=O)c1cc(Cl)ccc1Cl. The average Bonchev–Trinajstić information content (AvgIpc) is 3.23. The molecule has 1 aromatic carbocycles. The van der Waals surface area contributed by atoms with Gasteiger partial charge in [0.05, 0.1) is 22.7 Å². The standard InChI is InChI=1S/C16H14Cl2N4O3S/c17-9-3-4-12(18)11(6-9)15(25)21-20-13(23)7-10-8-26-16(19-10)22-5-1-2-14(22)24/h3-4,6,8H,1-2,5,7H2,(H,20,23)(H,21,25). The second-order valence-corrected chi connectivity index (χ2v) is 7.25. The molecule has 0 atom stereocenters. The van der Waals surface area contributed by atoms with Gasteiger partial charge in [-0.15, -0.1) is 11.3 Å². The number of rotatable bonds is 4. The summed E-state index contributed by atoms with van der Waals surface area (Å²) in [6, 6.07) is 4.46. The molecule has 0 bridgehead atoms. The Morgan fingerprint density at radius 2 is 2.08 bits per heavy atom. The Hall–Kier alpha value is -2.16. The van der Waals surface area contributed by atoms with Gasteiger partial charge in [-0.1, -0.05) is 23.2 Å². The van der Waals surface area contributed by atoms with E-state index in [2.05, 4.69) is 15.8 Å². The predicted octanol–water partition coefficient (Wildman–Crippen LogP) is 2.58. The summed E-state index contributed by atoms with van der Waals surface area (Å²) < 4.78 is 0. The van der Waals surface area contributed by atoms with E-state index in [0.29, 0.717) is 28.8 Å². The van der Waals surface area contributed by atoms with Crippen molar-refractivity contribution < 1.29 is 14.4 Å². The van der Waals surface area contributed by atoms with E-state index in [-0.39, 0.29) is 22.9 Å². The fourth-order valence-corrected chi connectivity index (χ4v) is 3.67. The van der Waals surface area contributed by atoms with Crippen LogP contribution in [0, 0.1) is 0 Å². The maximum atomic E-state index is 12.1. The molecule has 0 spiro atoms. The molecule has 1 aliphatic rings. The third kappa shape index (κ3) is 4.32. The number of amides is 3. The number of thiazole rings is 1. The summed E-state index contributed by atoms with van der Waals surface area (Å²) in [5.41, 5.74) is 5.27. The predicted molar refractivity (Wildman–Crippen MR) is 99.5 cm³/mol. The van der Waals surface area contributed by atoms with Crippen molar-refractivity contribution in [1.29, 1.82) is 0 Å². The van der Waals surface area contributed by atoms with Gasteiger partial charge in [0.25, 0.3) is 5.91 Å². The number of carbonyl (C=O) groups excluding carboxylic acids is 3. The van der Waals surface area contributed by atoms with Crippen LogP contribution < -0.4 is 15.8 Å². The largest absolute Gasteiger partial charge is 0.288 e. The number of halogens is 2. The van der Waals surface area contributed by atoms with E-state index in [9.17, 15) is 14.4 Å². The zero-order valence-electron chi connectivity index (χ0n) is 13.4. The van der Waals surface area contributed by atoms with Crippen molar-refractivity contribution in [2.24, 2.45) is 0 Å². The fourth-order valence-electron chi connectivity index (χ4n) is 2.43. The van der Waals surface area contributed by atoms with Crippen LogP contribution in [0.4, 0.5) is 5.13 Å². The maximum Gasteiger partial charge on any atom is 0.271 e. The molecule has 1 aliphatic heterocycles. The average molecular weight is 413 g/mol. The Morgan fingerprint density at radius 1 is 1.27 bits per heavy atom. The molecule has 136 valence electrons. The van der Waals surface area contributed by atoms with E-state index in [1.807, 2.05) is 0 Å². The maximum absolute atomic E-state index is 12.1. The van der Waals surface area contributed by atoms with E-state index in [1.165, 1.54) is 23.5 Å². The number of carbonyl (C=O) groups is 3. The van der Waals surface area contributed by atoms with E-state index in [4.69, 9.17) is 23.2 Å². The Balaban J connectivity index is 1.54. The molecule has 3 amide bonds. The molecule has 1 fully saturated rings. The quantitative estimate of drug-likeness (QED) is 0.754. The summed E-state index contributed by atoms with van der Waals surface area (Å²) in [7, 11) is 0. The van der Waals surface area contributed by atoms with Gasteiger partial charge < -0.3 is 0 Å². The number of aromatic nitrogens is 1. The number of hydrogen-bond donors (Lipinski definition) is 2.